The summed E-state index contributed by atoms with van der Waals surface area (Å²) in [7, 11) is 0. The van der Waals surface area contributed by atoms with Crippen LogP contribution in [0.2, 0.25) is 0 Å². The molecule has 34 heavy (non-hydrogen) atoms. The number of carbonyl (C=O) groups is 4. The van der Waals surface area contributed by atoms with E-state index in [1.165, 1.54) is 11.8 Å². The molecule has 198 valence electrons. The van der Waals surface area contributed by atoms with Crippen molar-refractivity contribution in [3.8, 4) is 0 Å². The molecule has 0 saturated carbocycles. The maximum atomic E-state index is 13.1. The van der Waals surface area contributed by atoms with Crippen molar-refractivity contribution in [1.29, 1.82) is 0 Å². The molecule has 0 rings (SSSR count). The maximum Gasteiger partial charge on any atom is 0.326 e. The summed E-state index contributed by atoms with van der Waals surface area (Å²) >= 11 is 1.53. The molecule has 3 amide bonds. The van der Waals surface area contributed by atoms with Crippen molar-refractivity contribution in [3.63, 3.8) is 0 Å². The van der Waals surface area contributed by atoms with E-state index in [9.17, 15) is 24.3 Å². The highest BCUT2D eigenvalue weighted by Gasteiger charge is 2.32. The van der Waals surface area contributed by atoms with Gasteiger partial charge in [0.05, 0.1) is 6.04 Å². The molecular formula is C23H45N5O5S. The number of carbonyl (C=O) groups excluding carboxylic acids is 3. The number of amides is 3. The number of nitrogens with two attached hydrogens (primary N) is 2. The van der Waals surface area contributed by atoms with E-state index in [1.54, 1.807) is 6.92 Å². The first kappa shape index (κ1) is 32.1. The fourth-order valence-corrected chi connectivity index (χ4v) is 3.81. The van der Waals surface area contributed by atoms with Gasteiger partial charge in [-0.15, -0.1) is 0 Å². The van der Waals surface area contributed by atoms with Gasteiger partial charge in [-0.25, -0.2) is 4.79 Å². The summed E-state index contributed by atoms with van der Waals surface area (Å²) in [6.07, 6.45) is 5.10. The van der Waals surface area contributed by atoms with Crippen LogP contribution in [-0.2, 0) is 19.2 Å². The molecule has 0 aromatic heterocycles. The van der Waals surface area contributed by atoms with Gasteiger partial charge in [-0.2, -0.15) is 11.8 Å². The van der Waals surface area contributed by atoms with E-state index in [0.29, 0.717) is 44.4 Å². The van der Waals surface area contributed by atoms with Gasteiger partial charge in [0.2, 0.25) is 17.7 Å². The summed E-state index contributed by atoms with van der Waals surface area (Å²) in [6, 6.07) is -3.58. The van der Waals surface area contributed by atoms with Gasteiger partial charge in [-0.1, -0.05) is 40.5 Å². The second kappa shape index (κ2) is 17.6. The predicted octanol–water partition coefficient (Wildman–Crippen LogP) is 0.827. The molecule has 0 bridgehead atoms. The van der Waals surface area contributed by atoms with Gasteiger partial charge in [0.15, 0.2) is 0 Å². The Labute approximate surface area is 208 Å². The van der Waals surface area contributed by atoms with Crippen LogP contribution in [0.3, 0.4) is 0 Å². The SMILES string of the molecule is CCC(C)C(NC(=O)C(CC(C)C)NC(=O)C(CCSC)NC(=O)C(N)CCCCN)C(=O)O. The highest BCUT2D eigenvalue weighted by atomic mass is 32.2. The van der Waals surface area contributed by atoms with Crippen LogP contribution in [0.25, 0.3) is 0 Å². The lowest BCUT2D eigenvalue weighted by molar-refractivity contribution is -0.144. The van der Waals surface area contributed by atoms with Gasteiger partial charge in [-0.05, 0) is 56.1 Å². The number of carboxylic acids is 1. The maximum absolute atomic E-state index is 13.1. The predicted molar refractivity (Wildman–Crippen MR) is 136 cm³/mol. The lowest BCUT2D eigenvalue weighted by atomic mass is 9.97. The molecule has 0 heterocycles. The zero-order chi connectivity index (χ0) is 26.3. The Bertz CT molecular complexity index is 649. The van der Waals surface area contributed by atoms with Crippen molar-refractivity contribution in [2.45, 2.75) is 90.4 Å². The van der Waals surface area contributed by atoms with Gasteiger partial charge in [0.25, 0.3) is 0 Å². The summed E-state index contributed by atoms with van der Waals surface area (Å²) in [5, 5.41) is 17.5. The van der Waals surface area contributed by atoms with Gasteiger partial charge >= 0.3 is 5.97 Å². The monoisotopic (exact) mass is 503 g/mol. The van der Waals surface area contributed by atoms with Crippen LogP contribution in [0.4, 0.5) is 0 Å². The Morgan fingerprint density at radius 1 is 0.912 bits per heavy atom. The Hall–Kier alpha value is -1.85. The normalized spacial score (nSPS) is 15.6. The van der Waals surface area contributed by atoms with Crippen LogP contribution in [0.1, 0.15) is 66.2 Å². The lowest BCUT2D eigenvalue weighted by Crippen LogP contribution is -2.58. The van der Waals surface area contributed by atoms with E-state index in [1.807, 2.05) is 27.0 Å². The van der Waals surface area contributed by atoms with Crippen molar-refractivity contribution in [3.05, 3.63) is 0 Å². The topological polar surface area (TPSA) is 177 Å². The highest BCUT2D eigenvalue weighted by molar-refractivity contribution is 7.98. The first-order valence-corrected chi connectivity index (χ1v) is 13.5. The van der Waals surface area contributed by atoms with Crippen LogP contribution in [0, 0.1) is 11.8 Å². The van der Waals surface area contributed by atoms with Crippen molar-refractivity contribution >= 4 is 35.5 Å². The molecule has 0 radical (unpaired) electrons. The largest absolute Gasteiger partial charge is 0.480 e. The molecule has 0 aliphatic carbocycles. The highest BCUT2D eigenvalue weighted by Crippen LogP contribution is 2.11. The molecule has 5 unspecified atom stereocenters. The minimum absolute atomic E-state index is 0.0677. The third-order valence-electron chi connectivity index (χ3n) is 5.67. The minimum atomic E-state index is -1.12. The Balaban J connectivity index is 5.42. The number of nitrogens with one attached hydrogen (secondary N) is 3. The van der Waals surface area contributed by atoms with Crippen molar-refractivity contribution in [2.75, 3.05) is 18.6 Å². The van der Waals surface area contributed by atoms with Crippen LogP contribution in [0.5, 0.6) is 0 Å². The lowest BCUT2D eigenvalue weighted by Gasteiger charge is -2.27. The third kappa shape index (κ3) is 12.6. The number of rotatable bonds is 18. The fraction of sp³-hybridized carbons (Fsp3) is 0.826. The van der Waals surface area contributed by atoms with Crippen molar-refractivity contribution < 1.29 is 24.3 Å². The van der Waals surface area contributed by atoms with Gasteiger partial charge in [0.1, 0.15) is 18.1 Å². The number of hydrogen-bond donors (Lipinski definition) is 6. The average molecular weight is 504 g/mol. The molecule has 0 saturated heterocycles. The Kier molecular flexibility index (Phi) is 16.6. The number of hydrogen-bond acceptors (Lipinski definition) is 7. The summed E-state index contributed by atoms with van der Waals surface area (Å²) in [5.41, 5.74) is 11.4. The molecule has 8 N–H and O–H groups in total. The third-order valence-corrected chi connectivity index (χ3v) is 6.31. The molecule has 0 fully saturated rings. The number of carboxylic acid groups (broad SMARTS) is 1. The van der Waals surface area contributed by atoms with Gasteiger partial charge in [-0.3, -0.25) is 14.4 Å². The van der Waals surface area contributed by atoms with Crippen LogP contribution in [-0.4, -0.2) is 71.5 Å². The van der Waals surface area contributed by atoms with Crippen LogP contribution >= 0.6 is 11.8 Å². The molecule has 0 aliphatic heterocycles. The first-order valence-electron chi connectivity index (χ1n) is 12.1. The van der Waals surface area contributed by atoms with Crippen LogP contribution in [0.15, 0.2) is 0 Å². The quantitative estimate of drug-likeness (QED) is 0.149. The van der Waals surface area contributed by atoms with E-state index in [0.717, 1.165) is 6.42 Å². The summed E-state index contributed by atoms with van der Waals surface area (Å²) < 4.78 is 0. The average Bonchev–Trinajstić information content (AvgIpc) is 2.78. The number of unbranched alkanes of at least 4 members (excludes halogenated alkanes) is 1. The summed E-state index contributed by atoms with van der Waals surface area (Å²) in [4.78, 5) is 50.2. The van der Waals surface area contributed by atoms with E-state index >= 15 is 0 Å². The van der Waals surface area contributed by atoms with Crippen molar-refractivity contribution in [1.82, 2.24) is 16.0 Å². The van der Waals surface area contributed by atoms with E-state index < -0.39 is 47.9 Å². The van der Waals surface area contributed by atoms with E-state index in [-0.39, 0.29) is 11.8 Å². The standard InChI is InChI=1S/C23H45N5O5S/c1-6-15(4)19(23(32)33)28-22(31)18(13-14(2)3)27-21(30)17(10-12-34-5)26-20(29)16(25)9-7-8-11-24/h14-19H,6-13,24-25H2,1-5H3,(H,26,29)(H,27,30)(H,28,31)(H,32,33). The first-order chi connectivity index (χ1) is 16.0. The number of thioether (sulfide) groups is 1. The molecule has 0 aromatic rings. The molecule has 0 spiro atoms. The van der Waals surface area contributed by atoms with Crippen LogP contribution < -0.4 is 27.4 Å². The van der Waals surface area contributed by atoms with Gasteiger partial charge in [0, 0.05) is 0 Å². The molecule has 0 aromatic carbocycles. The summed E-state index contributed by atoms with van der Waals surface area (Å²) in [5.74, 6) is -2.17. The van der Waals surface area contributed by atoms with E-state index in [2.05, 4.69) is 16.0 Å². The molecule has 5 atom stereocenters. The fourth-order valence-electron chi connectivity index (χ4n) is 3.34. The van der Waals surface area contributed by atoms with E-state index in [4.69, 9.17) is 11.5 Å². The minimum Gasteiger partial charge on any atom is -0.480 e. The number of aliphatic carboxylic acids is 1. The summed E-state index contributed by atoms with van der Waals surface area (Å²) in [6.45, 7) is 7.93. The second-order valence-electron chi connectivity index (χ2n) is 9.13. The molecule has 11 heteroatoms. The zero-order valence-electron chi connectivity index (χ0n) is 21.3. The van der Waals surface area contributed by atoms with Crippen molar-refractivity contribution in [2.24, 2.45) is 23.3 Å². The zero-order valence-corrected chi connectivity index (χ0v) is 22.1. The van der Waals surface area contributed by atoms with Gasteiger partial charge < -0.3 is 32.5 Å². The molecular weight excluding hydrogens is 458 g/mol. The molecule has 0 aliphatic rings. The Morgan fingerprint density at radius 3 is 2.00 bits per heavy atom. The second-order valence-corrected chi connectivity index (χ2v) is 10.1. The molecule has 10 nitrogen and oxygen atoms in total. The smallest absolute Gasteiger partial charge is 0.326 e. The Morgan fingerprint density at radius 2 is 1.50 bits per heavy atom.